The fourth-order valence-electron chi connectivity index (χ4n) is 35.6. The van der Waals surface area contributed by atoms with E-state index in [0.717, 1.165) is 130 Å². The molecule has 127 heavy (non-hydrogen) atoms. The Morgan fingerprint density at radius 1 is 0.0472 bits per heavy atom. The monoisotopic (exact) mass is 1750 g/mol. The highest BCUT2D eigenvalue weighted by Gasteiger charge is 2.38. The van der Waals surface area contributed by atoms with E-state index < -0.39 is 0 Å². The molecule has 35 aliphatic rings. The smallest absolute Gasteiger partial charge is 0.0409 e. The summed E-state index contributed by atoms with van der Waals surface area (Å²) in [6.45, 7) is 0. The highest BCUT2D eigenvalue weighted by Crippen LogP contribution is 2.51. The van der Waals surface area contributed by atoms with Crippen molar-refractivity contribution in [2.45, 2.75) is 636 Å². The summed E-state index contributed by atoms with van der Waals surface area (Å²) in [5.41, 5.74) is 0. The van der Waals surface area contributed by atoms with Crippen molar-refractivity contribution in [3.8, 4) is 0 Å². The van der Waals surface area contributed by atoms with Gasteiger partial charge in [-0.25, -0.2) is 0 Å². The largest absolute Gasteiger partial charge is 0.0530 e. The minimum absolute atomic E-state index is 1.11. The number of fused-ring (bicyclic) bond motifs is 44. The zero-order valence-electron chi connectivity index (χ0n) is 86.2. The van der Waals surface area contributed by atoms with Crippen molar-refractivity contribution in [3.05, 3.63) is 0 Å². The third kappa shape index (κ3) is 38.3. The molecule has 35 fully saturated rings. The summed E-state index contributed by atoms with van der Waals surface area (Å²) in [5.74, 6) is 32.1. The third-order valence-electron chi connectivity index (χ3n) is 44.3. The maximum Gasteiger partial charge on any atom is -0.0409 e. The first-order valence-electron chi connectivity index (χ1n) is 62.8. The summed E-state index contributed by atoms with van der Waals surface area (Å²) in [6, 6.07) is 0. The minimum Gasteiger partial charge on any atom is -0.0530 e. The van der Waals surface area contributed by atoms with Gasteiger partial charge in [0.2, 0.25) is 0 Å². The summed E-state index contributed by atoms with van der Waals surface area (Å²) in [6.07, 6.45) is 154. The Morgan fingerprint density at radius 2 is 0.110 bits per heavy atom. The maximum absolute atomic E-state index is 1.58. The SMILES string of the molecule is C1CC2CC(C1)C2.C1CC2CC1C2.C1CC2CCC(C1)C2.C1CC2CCC(C1)CC2.C1CC2CCC1C2.C1CC2CCC1CC2.C1CC2CCCC(C1)C2.C1CC2CCCC(C1)CC2.C1CC2CCCC(C1)CCC2.C1CCC2CCC(C1)C2.C1CCC2CCC(C1)CC2.C1CCC2CCCC(C1)C2.C1CCC2CCCC(C1)CC2.C1CCC2CCCC(C1)CCC2. The van der Waals surface area contributed by atoms with Gasteiger partial charge in [0.25, 0.3) is 0 Å². The van der Waals surface area contributed by atoms with Gasteiger partial charge in [0.1, 0.15) is 0 Å². The maximum atomic E-state index is 1.58. The van der Waals surface area contributed by atoms with Crippen LogP contribution in [0.1, 0.15) is 636 Å². The molecule has 35 rings (SSSR count). The Bertz CT molecular complexity index is 2410. The van der Waals surface area contributed by atoms with E-state index in [-0.39, 0.29) is 0 Å². The van der Waals surface area contributed by atoms with Crippen LogP contribution in [-0.4, -0.2) is 0 Å². The summed E-state index contributed by atoms with van der Waals surface area (Å²) >= 11 is 0. The van der Waals surface area contributed by atoms with Crippen LogP contribution in [-0.2, 0) is 0 Å². The van der Waals surface area contributed by atoms with Crippen LogP contribution >= 0.6 is 0 Å². The number of hydrogen-bond acceptors (Lipinski definition) is 0. The van der Waals surface area contributed by atoms with Crippen molar-refractivity contribution < 1.29 is 0 Å². The van der Waals surface area contributed by atoms with Crippen molar-refractivity contribution in [2.24, 2.45) is 166 Å². The summed E-state index contributed by atoms with van der Waals surface area (Å²) in [4.78, 5) is 0. The number of hydrogen-bond donors (Lipinski definition) is 0. The minimum atomic E-state index is 1.11. The second kappa shape index (κ2) is 58.8. The molecule has 0 aliphatic heterocycles. The molecule has 0 N–H and O–H groups in total. The standard InChI is InChI=1S/C12H22.2C11H20.3C10H18.3C9H16.2C8H14.2C7H12.C6H10/c1-2-6-12-9-3-7-11(5-1)8-4-10-12;1-4-10-6-2-7-11(5-1)9-3-8-10;1-2-5-11-7-3-6-10(4-1)8-9-11;1-3-9-5-2-6-10(4-1)8-7-9;1-2-5-10-7-3-6-9(4-1)8-10;1-2-4-10-7-5-9(3-1)6-8-10;1-3-8-5-2-6-9(4-1)7-8;1-2-8-4-6-9(3-1)7-5-8;1-2-4-9-6-5-8(3-1)7-9;1-2-8-5-3-7(1)4-6-8;1-2-7-4-5-8(3-1)6-7;1-2-7-4-3-6(1)5-7;1-2-6-4-7(3-1)5-6;1-2-6-3-5(1)4-6/h11-12H,1-10H2;2*10-11H,1-9H2;3*9-10H,1-8H2;3*8-9H,1-7H2;2*7-8H,1-6H2;2*6-7H,1-5H2;5-6H,1-4H2. The molecule has 8 unspecified atom stereocenters. The molecule has 0 nitrogen and oxygen atoms in total. The quantitative estimate of drug-likeness (QED) is 0.227. The average molecular weight is 1750 g/mol. The van der Waals surface area contributed by atoms with Crippen LogP contribution in [0.2, 0.25) is 0 Å². The fraction of sp³-hybridized carbons (Fsp3) is 1.00. The molecular formula is C127H226. The molecule has 0 saturated heterocycles. The molecule has 0 radical (unpaired) electrons. The molecule has 0 spiro atoms. The lowest BCUT2D eigenvalue weighted by molar-refractivity contribution is 0.116. The van der Waals surface area contributed by atoms with Crippen LogP contribution in [0, 0.1) is 166 Å². The Hall–Kier alpha value is 0. The second-order valence-corrected chi connectivity index (χ2v) is 53.9. The molecular weight excluding hydrogens is 1530 g/mol. The van der Waals surface area contributed by atoms with E-state index in [1.54, 1.807) is 482 Å². The Labute approximate surface area is 796 Å². The van der Waals surface area contributed by atoms with Gasteiger partial charge in [-0.1, -0.05) is 578 Å². The zero-order valence-corrected chi connectivity index (χ0v) is 86.2. The van der Waals surface area contributed by atoms with Crippen molar-refractivity contribution in [3.63, 3.8) is 0 Å². The molecule has 35 aliphatic carbocycles. The van der Waals surface area contributed by atoms with Crippen molar-refractivity contribution in [2.75, 3.05) is 0 Å². The Kier molecular flexibility index (Phi) is 46.9. The molecule has 0 aromatic rings. The van der Waals surface area contributed by atoms with Crippen LogP contribution in [0.4, 0.5) is 0 Å². The summed E-state index contributed by atoms with van der Waals surface area (Å²) in [5, 5.41) is 0. The van der Waals surface area contributed by atoms with Gasteiger partial charge in [0, 0.05) is 0 Å². The summed E-state index contributed by atoms with van der Waals surface area (Å²) in [7, 11) is 0. The van der Waals surface area contributed by atoms with Gasteiger partial charge in [-0.15, -0.1) is 0 Å². The van der Waals surface area contributed by atoms with E-state index in [2.05, 4.69) is 0 Å². The highest BCUT2D eigenvalue weighted by molar-refractivity contribution is 4.90. The molecule has 0 amide bonds. The van der Waals surface area contributed by atoms with Gasteiger partial charge in [0.05, 0.1) is 0 Å². The van der Waals surface area contributed by atoms with Crippen LogP contribution in [0.5, 0.6) is 0 Å². The predicted octanol–water partition coefficient (Wildman–Crippen LogP) is 42.1. The molecule has 28 bridgehead atoms. The van der Waals surface area contributed by atoms with E-state index in [1.165, 1.54) is 190 Å². The van der Waals surface area contributed by atoms with E-state index in [4.69, 9.17) is 0 Å². The van der Waals surface area contributed by atoms with E-state index in [9.17, 15) is 0 Å². The first-order valence-corrected chi connectivity index (χ1v) is 62.8. The highest BCUT2D eigenvalue weighted by atomic mass is 14.4. The topological polar surface area (TPSA) is 0 Å². The predicted molar refractivity (Wildman–Crippen MR) is 555 cm³/mol. The number of rotatable bonds is 0. The van der Waals surface area contributed by atoms with E-state index >= 15 is 0 Å². The molecule has 35 saturated carbocycles. The average Bonchev–Trinajstić information content (AvgIpc) is 1.38. The zero-order chi connectivity index (χ0) is 86.2. The Balaban J connectivity index is 0.000000106. The van der Waals surface area contributed by atoms with Crippen LogP contribution in [0.3, 0.4) is 0 Å². The normalized spacial score (nSPS) is 42.5. The van der Waals surface area contributed by atoms with Gasteiger partial charge in [-0.05, 0) is 223 Å². The molecule has 734 valence electrons. The summed E-state index contributed by atoms with van der Waals surface area (Å²) < 4.78 is 0. The van der Waals surface area contributed by atoms with E-state index in [1.807, 2.05) is 0 Å². The van der Waals surface area contributed by atoms with E-state index in [0.29, 0.717) is 0 Å². The lowest BCUT2D eigenvalue weighted by atomic mass is 9.65. The second-order valence-electron chi connectivity index (χ2n) is 53.9. The van der Waals surface area contributed by atoms with Crippen molar-refractivity contribution in [1.29, 1.82) is 0 Å². The molecule has 0 heteroatoms. The first kappa shape index (κ1) is 101. The van der Waals surface area contributed by atoms with Gasteiger partial charge in [0.15, 0.2) is 0 Å². The van der Waals surface area contributed by atoms with Gasteiger partial charge < -0.3 is 0 Å². The molecule has 0 heterocycles. The van der Waals surface area contributed by atoms with Gasteiger partial charge in [-0.3, -0.25) is 0 Å². The van der Waals surface area contributed by atoms with Crippen LogP contribution in [0.15, 0.2) is 0 Å². The molecule has 8 atom stereocenters. The third-order valence-corrected chi connectivity index (χ3v) is 44.3. The first-order chi connectivity index (χ1) is 62.8. The van der Waals surface area contributed by atoms with Crippen molar-refractivity contribution in [1.82, 2.24) is 0 Å². The lowest BCUT2D eigenvalue weighted by Crippen LogP contribution is -2.28. The molecule has 0 aromatic carbocycles. The lowest BCUT2D eigenvalue weighted by Gasteiger charge is -2.40. The fourth-order valence-corrected chi connectivity index (χ4v) is 35.6. The van der Waals surface area contributed by atoms with Crippen LogP contribution < -0.4 is 0 Å². The molecule has 0 aromatic heterocycles. The van der Waals surface area contributed by atoms with Crippen molar-refractivity contribution >= 4 is 0 Å². The van der Waals surface area contributed by atoms with Crippen LogP contribution in [0.25, 0.3) is 0 Å². The Morgan fingerprint density at radius 3 is 0.236 bits per heavy atom. The van der Waals surface area contributed by atoms with Gasteiger partial charge >= 0.3 is 0 Å². The van der Waals surface area contributed by atoms with Gasteiger partial charge in [-0.2, -0.15) is 0 Å².